The van der Waals surface area contributed by atoms with Crippen molar-refractivity contribution in [2.75, 3.05) is 13.7 Å². The molecule has 15 heavy (non-hydrogen) atoms. The number of methoxy groups -OCH3 is 1. The van der Waals surface area contributed by atoms with Crippen LogP contribution in [0.4, 0.5) is 4.39 Å². The minimum Gasteiger partial charge on any atom is -0.490 e. The first-order valence-electron chi connectivity index (χ1n) is 4.97. The molecule has 0 fully saturated rings. The summed E-state index contributed by atoms with van der Waals surface area (Å²) in [6.07, 6.45) is 0.873. The van der Waals surface area contributed by atoms with Crippen molar-refractivity contribution in [2.24, 2.45) is 0 Å². The fraction of sp³-hybridized carbons (Fsp3) is 0.500. The molecule has 0 saturated heterocycles. The highest BCUT2D eigenvalue weighted by Gasteiger charge is 2.06. The van der Waals surface area contributed by atoms with E-state index in [1.54, 1.807) is 26.2 Å². The van der Waals surface area contributed by atoms with Gasteiger partial charge in [0, 0.05) is 13.5 Å². The van der Waals surface area contributed by atoms with Crippen LogP contribution < -0.4 is 4.74 Å². The van der Waals surface area contributed by atoms with Crippen molar-refractivity contribution in [3.05, 3.63) is 29.6 Å². The molecule has 0 spiro atoms. The smallest absolute Gasteiger partial charge is 0.168 e. The first-order valence-corrected chi connectivity index (χ1v) is 4.97. The second kappa shape index (κ2) is 5.71. The average molecular weight is 211 g/mol. The van der Waals surface area contributed by atoms with Gasteiger partial charge in [-0.2, -0.15) is 0 Å². The molecule has 0 unspecified atom stereocenters. The molecule has 2 nitrogen and oxygen atoms in total. The average Bonchev–Trinajstić information content (AvgIpc) is 2.24. The molecule has 0 amide bonds. The van der Waals surface area contributed by atoms with Crippen molar-refractivity contribution in [1.29, 1.82) is 0 Å². The molecule has 1 rings (SSSR count). The Labute approximate surface area is 90.0 Å². The van der Waals surface area contributed by atoms with E-state index in [4.69, 9.17) is 9.47 Å². The molecule has 3 heteroatoms. The molecule has 0 heterocycles. The number of halogens is 1. The maximum atomic E-state index is 13.4. The molecule has 1 atom stereocenters. The highest BCUT2D eigenvalue weighted by Crippen LogP contribution is 2.19. The zero-order valence-corrected chi connectivity index (χ0v) is 9.34. The van der Waals surface area contributed by atoms with Crippen LogP contribution in [0.5, 0.6) is 5.75 Å². The summed E-state index contributed by atoms with van der Waals surface area (Å²) >= 11 is 0. The molecule has 0 aliphatic carbocycles. The third-order valence-corrected chi connectivity index (χ3v) is 2.26. The van der Waals surface area contributed by atoms with Crippen LogP contribution >= 0.6 is 0 Å². The van der Waals surface area contributed by atoms with E-state index >= 15 is 0 Å². The number of rotatable bonds is 5. The topological polar surface area (TPSA) is 18.5 Å². The molecule has 1 aromatic rings. The van der Waals surface area contributed by atoms with E-state index in [0.717, 1.165) is 6.42 Å². The van der Waals surface area contributed by atoms with Crippen LogP contribution in [0.25, 0.3) is 0 Å². The SMILES string of the molecule is CO[C@@H](C)CCOc1cc[c]c(C)c1F. The van der Waals surface area contributed by atoms with Gasteiger partial charge >= 0.3 is 0 Å². The first kappa shape index (κ1) is 12.0. The Bertz CT molecular complexity index is 312. The van der Waals surface area contributed by atoms with E-state index in [1.807, 2.05) is 6.92 Å². The molecular formula is C12H16FO2. The molecule has 0 N–H and O–H groups in total. The van der Waals surface area contributed by atoms with Crippen molar-refractivity contribution >= 4 is 0 Å². The Kier molecular flexibility index (Phi) is 4.56. The number of aryl methyl sites for hydroxylation is 1. The molecule has 1 aromatic carbocycles. The van der Waals surface area contributed by atoms with Gasteiger partial charge in [-0.05, 0) is 31.5 Å². The predicted molar refractivity (Wildman–Crippen MR) is 56.6 cm³/mol. The van der Waals surface area contributed by atoms with Crippen LogP contribution in [-0.4, -0.2) is 19.8 Å². The number of benzene rings is 1. The highest BCUT2D eigenvalue weighted by molar-refractivity contribution is 5.29. The summed E-state index contributed by atoms with van der Waals surface area (Å²) in [5.41, 5.74) is 0.479. The van der Waals surface area contributed by atoms with E-state index < -0.39 is 0 Å². The second-order valence-corrected chi connectivity index (χ2v) is 3.46. The molecule has 0 aliphatic heterocycles. The molecular weight excluding hydrogens is 195 g/mol. The molecule has 1 radical (unpaired) electrons. The maximum Gasteiger partial charge on any atom is 0.168 e. The Balaban J connectivity index is 2.47. The summed E-state index contributed by atoms with van der Waals surface area (Å²) in [6.45, 7) is 4.07. The Hall–Kier alpha value is -1.09. The second-order valence-electron chi connectivity index (χ2n) is 3.46. The van der Waals surface area contributed by atoms with E-state index in [-0.39, 0.29) is 17.7 Å². The first-order chi connectivity index (χ1) is 7.15. The molecule has 83 valence electrons. The summed E-state index contributed by atoms with van der Waals surface area (Å²) in [4.78, 5) is 0. The fourth-order valence-electron chi connectivity index (χ4n) is 1.13. The minimum absolute atomic E-state index is 0.129. The van der Waals surface area contributed by atoms with Crippen molar-refractivity contribution in [3.8, 4) is 5.75 Å². The third kappa shape index (κ3) is 3.51. The number of hydrogen-bond donors (Lipinski definition) is 0. The van der Waals surface area contributed by atoms with Crippen LogP contribution in [0.2, 0.25) is 0 Å². The standard InChI is InChI=1S/C12H16FO2/c1-9-5-4-6-11(12(9)13)15-8-7-10(2)14-3/h4,6,10H,7-8H2,1-3H3/t10-/m0/s1. The van der Waals surface area contributed by atoms with Crippen LogP contribution in [0.3, 0.4) is 0 Å². The molecule has 0 bridgehead atoms. The zero-order valence-electron chi connectivity index (χ0n) is 9.34. The lowest BCUT2D eigenvalue weighted by Crippen LogP contribution is -2.11. The van der Waals surface area contributed by atoms with E-state index in [2.05, 4.69) is 6.07 Å². The Morgan fingerprint density at radius 3 is 2.93 bits per heavy atom. The van der Waals surface area contributed by atoms with Crippen molar-refractivity contribution in [1.82, 2.24) is 0 Å². The zero-order chi connectivity index (χ0) is 11.3. The Morgan fingerprint density at radius 1 is 1.53 bits per heavy atom. The normalized spacial score (nSPS) is 12.5. The van der Waals surface area contributed by atoms with Gasteiger partial charge < -0.3 is 9.47 Å². The number of ether oxygens (including phenoxy) is 2. The van der Waals surface area contributed by atoms with Crippen LogP contribution in [0.1, 0.15) is 18.9 Å². The van der Waals surface area contributed by atoms with Gasteiger partial charge in [0.15, 0.2) is 11.6 Å². The van der Waals surface area contributed by atoms with Gasteiger partial charge in [-0.25, -0.2) is 4.39 Å². The summed E-state index contributed by atoms with van der Waals surface area (Å²) in [7, 11) is 1.65. The summed E-state index contributed by atoms with van der Waals surface area (Å²) in [5.74, 6) is -0.0443. The van der Waals surface area contributed by atoms with Gasteiger partial charge in [0.2, 0.25) is 0 Å². The third-order valence-electron chi connectivity index (χ3n) is 2.26. The van der Waals surface area contributed by atoms with Crippen LogP contribution in [0, 0.1) is 18.8 Å². The van der Waals surface area contributed by atoms with Crippen molar-refractivity contribution < 1.29 is 13.9 Å². The number of hydrogen-bond acceptors (Lipinski definition) is 2. The van der Waals surface area contributed by atoms with E-state index in [9.17, 15) is 4.39 Å². The summed E-state index contributed by atoms with van der Waals surface area (Å²) in [6, 6.07) is 6.01. The summed E-state index contributed by atoms with van der Waals surface area (Å²) < 4.78 is 23.8. The van der Waals surface area contributed by atoms with Crippen molar-refractivity contribution in [2.45, 2.75) is 26.4 Å². The lowest BCUT2D eigenvalue weighted by atomic mass is 10.2. The van der Waals surface area contributed by atoms with E-state index in [0.29, 0.717) is 12.2 Å². The van der Waals surface area contributed by atoms with E-state index in [1.165, 1.54) is 0 Å². The van der Waals surface area contributed by atoms with Gasteiger partial charge in [0.25, 0.3) is 0 Å². The molecule has 0 aliphatic rings. The van der Waals surface area contributed by atoms with Crippen LogP contribution in [-0.2, 0) is 4.74 Å². The fourth-order valence-corrected chi connectivity index (χ4v) is 1.13. The van der Waals surface area contributed by atoms with Gasteiger partial charge in [0.05, 0.1) is 12.7 Å². The maximum absolute atomic E-state index is 13.4. The van der Waals surface area contributed by atoms with Gasteiger partial charge in [0.1, 0.15) is 0 Å². The lowest BCUT2D eigenvalue weighted by Gasteiger charge is -2.11. The molecule has 0 saturated carbocycles. The largest absolute Gasteiger partial charge is 0.490 e. The van der Waals surface area contributed by atoms with Gasteiger partial charge in [-0.15, -0.1) is 0 Å². The van der Waals surface area contributed by atoms with Gasteiger partial charge in [-0.1, -0.05) is 6.07 Å². The Morgan fingerprint density at radius 2 is 2.27 bits per heavy atom. The predicted octanol–water partition coefficient (Wildman–Crippen LogP) is 2.74. The highest BCUT2D eigenvalue weighted by atomic mass is 19.1. The lowest BCUT2D eigenvalue weighted by molar-refractivity contribution is 0.0948. The monoisotopic (exact) mass is 211 g/mol. The summed E-state index contributed by atoms with van der Waals surface area (Å²) in [5, 5.41) is 0. The van der Waals surface area contributed by atoms with Gasteiger partial charge in [-0.3, -0.25) is 0 Å². The minimum atomic E-state index is -0.331. The van der Waals surface area contributed by atoms with Crippen LogP contribution in [0.15, 0.2) is 12.1 Å². The molecule has 0 aromatic heterocycles. The van der Waals surface area contributed by atoms with Crippen molar-refractivity contribution in [3.63, 3.8) is 0 Å². The quantitative estimate of drug-likeness (QED) is 0.745.